The van der Waals surface area contributed by atoms with Crippen LogP contribution < -0.4 is 15.0 Å². The van der Waals surface area contributed by atoms with Crippen molar-refractivity contribution in [2.24, 2.45) is 0 Å². The Morgan fingerprint density at radius 1 is 1.08 bits per heavy atom. The number of para-hydroxylation sites is 1. The molecule has 3 aromatic rings. The molecule has 4 rings (SSSR count). The van der Waals surface area contributed by atoms with Gasteiger partial charge in [0.05, 0.1) is 17.8 Å². The maximum absolute atomic E-state index is 13.9. The lowest BCUT2D eigenvalue weighted by Gasteiger charge is -2.27. The van der Waals surface area contributed by atoms with Crippen molar-refractivity contribution in [1.29, 1.82) is 0 Å². The molecule has 0 saturated carbocycles. The van der Waals surface area contributed by atoms with Gasteiger partial charge in [0.2, 0.25) is 0 Å². The standard InChI is InChI=1S/C27H27F3N2O4/c1-16-12-13-17-8-5-6-9-18(17)19(16)14-32-22-11-7-10-20(27(28,29)30)23(22)35-15-21(24(32)33)31-25(34)36-26(2,3)4/h5-13,21H,14-15H2,1-4H3,(H,31,34)/t21-/m0/s1. The van der Waals surface area contributed by atoms with Crippen LogP contribution in [0.4, 0.5) is 23.7 Å². The lowest BCUT2D eigenvalue weighted by atomic mass is 9.98. The molecule has 0 saturated heterocycles. The molecule has 0 spiro atoms. The summed E-state index contributed by atoms with van der Waals surface area (Å²) in [5.74, 6) is -1.06. The molecule has 36 heavy (non-hydrogen) atoms. The van der Waals surface area contributed by atoms with Gasteiger partial charge in [-0.05, 0) is 61.7 Å². The third kappa shape index (κ3) is 5.24. The van der Waals surface area contributed by atoms with E-state index in [9.17, 15) is 22.8 Å². The van der Waals surface area contributed by atoms with Crippen LogP contribution in [0.3, 0.4) is 0 Å². The predicted octanol–water partition coefficient (Wildman–Crippen LogP) is 5.99. The van der Waals surface area contributed by atoms with E-state index in [1.165, 1.54) is 17.0 Å². The molecular weight excluding hydrogens is 473 g/mol. The van der Waals surface area contributed by atoms with Crippen LogP contribution in [0.15, 0.2) is 54.6 Å². The SMILES string of the molecule is Cc1ccc2ccccc2c1CN1C(=O)[C@@H](NC(=O)OC(C)(C)C)COc2c1cccc2C(F)(F)F. The van der Waals surface area contributed by atoms with Crippen LogP contribution in [0.5, 0.6) is 5.75 Å². The smallest absolute Gasteiger partial charge is 0.420 e. The van der Waals surface area contributed by atoms with Crippen LogP contribution >= 0.6 is 0 Å². The number of hydrogen-bond donors (Lipinski definition) is 1. The van der Waals surface area contributed by atoms with Crippen LogP contribution in [0.2, 0.25) is 0 Å². The number of nitrogens with one attached hydrogen (secondary N) is 1. The molecule has 1 atom stereocenters. The molecule has 1 N–H and O–H groups in total. The van der Waals surface area contributed by atoms with Gasteiger partial charge in [0.15, 0.2) is 5.75 Å². The third-order valence-corrected chi connectivity index (χ3v) is 5.83. The van der Waals surface area contributed by atoms with E-state index in [0.717, 1.165) is 28.0 Å². The van der Waals surface area contributed by atoms with E-state index in [1.807, 2.05) is 43.3 Å². The minimum atomic E-state index is -4.70. The van der Waals surface area contributed by atoms with E-state index in [2.05, 4.69) is 5.32 Å². The van der Waals surface area contributed by atoms with Crippen LogP contribution in [-0.2, 0) is 22.3 Å². The predicted molar refractivity (Wildman–Crippen MR) is 130 cm³/mol. The second-order valence-electron chi connectivity index (χ2n) is 9.67. The first-order valence-electron chi connectivity index (χ1n) is 11.5. The number of rotatable bonds is 3. The molecule has 9 heteroatoms. The summed E-state index contributed by atoms with van der Waals surface area (Å²) in [6, 6.07) is 13.7. The fraction of sp³-hybridized carbons (Fsp3) is 0.333. The van der Waals surface area contributed by atoms with Crippen LogP contribution in [0.25, 0.3) is 10.8 Å². The van der Waals surface area contributed by atoms with Crippen molar-refractivity contribution in [3.05, 3.63) is 71.3 Å². The Bertz CT molecular complexity index is 1310. The van der Waals surface area contributed by atoms with Gasteiger partial charge in [0.1, 0.15) is 18.2 Å². The first-order valence-corrected chi connectivity index (χ1v) is 11.5. The fourth-order valence-corrected chi connectivity index (χ4v) is 4.19. The average Bonchev–Trinajstić information content (AvgIpc) is 2.91. The van der Waals surface area contributed by atoms with Crippen LogP contribution in [0, 0.1) is 6.92 Å². The number of alkyl halides is 3. The lowest BCUT2D eigenvalue weighted by Crippen LogP contribution is -2.51. The van der Waals surface area contributed by atoms with Gasteiger partial charge in [-0.2, -0.15) is 13.2 Å². The molecule has 2 amide bonds. The normalized spacial score (nSPS) is 16.2. The van der Waals surface area contributed by atoms with Gasteiger partial charge in [-0.15, -0.1) is 0 Å². The quantitative estimate of drug-likeness (QED) is 0.480. The van der Waals surface area contributed by atoms with Crippen molar-refractivity contribution in [2.75, 3.05) is 11.5 Å². The van der Waals surface area contributed by atoms with Crippen molar-refractivity contribution < 1.29 is 32.2 Å². The number of alkyl carbamates (subject to hydrolysis) is 1. The number of carbonyl (C=O) groups excluding carboxylic acids is 2. The number of nitrogens with zero attached hydrogens (tertiary/aromatic N) is 1. The van der Waals surface area contributed by atoms with Crippen LogP contribution in [0.1, 0.15) is 37.5 Å². The number of aryl methyl sites for hydroxylation is 1. The van der Waals surface area contributed by atoms with Crippen LogP contribution in [-0.4, -0.2) is 30.3 Å². The zero-order valence-electron chi connectivity index (χ0n) is 20.4. The van der Waals surface area contributed by atoms with Gasteiger partial charge in [0, 0.05) is 0 Å². The van der Waals surface area contributed by atoms with Crippen molar-refractivity contribution in [3.8, 4) is 5.75 Å². The summed E-state index contributed by atoms with van der Waals surface area (Å²) < 4.78 is 52.4. The molecule has 0 unspecified atom stereocenters. The molecule has 1 heterocycles. The summed E-state index contributed by atoms with van der Waals surface area (Å²) in [5.41, 5.74) is -0.189. The average molecular weight is 501 g/mol. The van der Waals surface area contributed by atoms with E-state index in [4.69, 9.17) is 9.47 Å². The zero-order valence-corrected chi connectivity index (χ0v) is 20.4. The molecule has 1 aliphatic rings. The molecule has 1 aliphatic heterocycles. The maximum Gasteiger partial charge on any atom is 0.420 e. The Balaban J connectivity index is 1.81. The fourth-order valence-electron chi connectivity index (χ4n) is 4.19. The largest absolute Gasteiger partial charge is 0.488 e. The van der Waals surface area contributed by atoms with E-state index in [1.54, 1.807) is 20.8 Å². The van der Waals surface area contributed by atoms with Crippen molar-refractivity contribution in [2.45, 2.75) is 52.1 Å². The molecule has 190 valence electrons. The monoisotopic (exact) mass is 500 g/mol. The van der Waals surface area contributed by atoms with Crippen molar-refractivity contribution in [1.82, 2.24) is 5.32 Å². The molecule has 0 radical (unpaired) electrons. The Morgan fingerprint density at radius 3 is 2.50 bits per heavy atom. The summed E-state index contributed by atoms with van der Waals surface area (Å²) in [6.45, 7) is 6.38. The highest BCUT2D eigenvalue weighted by Gasteiger charge is 2.40. The van der Waals surface area contributed by atoms with E-state index >= 15 is 0 Å². The first-order chi connectivity index (χ1) is 16.8. The number of amides is 2. The molecule has 0 bridgehead atoms. The van der Waals surface area contributed by atoms with Gasteiger partial charge in [-0.25, -0.2) is 4.79 Å². The lowest BCUT2D eigenvalue weighted by molar-refractivity contribution is -0.138. The maximum atomic E-state index is 13.9. The number of ether oxygens (including phenoxy) is 2. The minimum Gasteiger partial charge on any atom is -0.488 e. The second-order valence-corrected chi connectivity index (χ2v) is 9.67. The Kier molecular flexibility index (Phi) is 6.60. The van der Waals surface area contributed by atoms with E-state index < -0.39 is 47.7 Å². The van der Waals surface area contributed by atoms with Gasteiger partial charge in [-0.3, -0.25) is 4.79 Å². The van der Waals surface area contributed by atoms with Gasteiger partial charge < -0.3 is 19.7 Å². The summed E-state index contributed by atoms with van der Waals surface area (Å²) >= 11 is 0. The van der Waals surface area contributed by atoms with Gasteiger partial charge in [-0.1, -0.05) is 42.5 Å². The minimum absolute atomic E-state index is 0.0177. The Hall–Kier alpha value is -3.75. The molecule has 3 aromatic carbocycles. The van der Waals surface area contributed by atoms with E-state index in [0.29, 0.717) is 0 Å². The molecule has 0 aromatic heterocycles. The molecular formula is C27H27F3N2O4. The molecule has 6 nitrogen and oxygen atoms in total. The molecule has 0 aliphatic carbocycles. The number of carbonyl (C=O) groups is 2. The number of anilines is 1. The summed E-state index contributed by atoms with van der Waals surface area (Å²) in [4.78, 5) is 27.4. The Labute approximate surface area is 207 Å². The summed E-state index contributed by atoms with van der Waals surface area (Å²) in [5, 5.41) is 4.28. The second kappa shape index (κ2) is 9.37. The van der Waals surface area contributed by atoms with Crippen molar-refractivity contribution >= 4 is 28.5 Å². The van der Waals surface area contributed by atoms with Gasteiger partial charge >= 0.3 is 12.3 Å². The van der Waals surface area contributed by atoms with E-state index in [-0.39, 0.29) is 12.2 Å². The summed E-state index contributed by atoms with van der Waals surface area (Å²) in [6.07, 6.45) is -5.57. The highest BCUT2D eigenvalue weighted by atomic mass is 19.4. The number of hydrogen-bond acceptors (Lipinski definition) is 4. The topological polar surface area (TPSA) is 67.9 Å². The number of fused-ring (bicyclic) bond motifs is 2. The third-order valence-electron chi connectivity index (χ3n) is 5.83. The first kappa shape index (κ1) is 25.3. The highest BCUT2D eigenvalue weighted by molar-refractivity contribution is 6.01. The van der Waals surface area contributed by atoms with Gasteiger partial charge in [0.25, 0.3) is 5.91 Å². The summed E-state index contributed by atoms with van der Waals surface area (Å²) in [7, 11) is 0. The number of benzene rings is 3. The number of halogens is 3. The highest BCUT2D eigenvalue weighted by Crippen LogP contribution is 2.44. The van der Waals surface area contributed by atoms with Crippen molar-refractivity contribution in [3.63, 3.8) is 0 Å². The Morgan fingerprint density at radius 2 is 1.81 bits per heavy atom. The molecule has 0 fully saturated rings. The zero-order chi connectivity index (χ0) is 26.3.